The molecule has 1 aromatic heterocycles. The fourth-order valence-electron chi connectivity index (χ4n) is 3.74. The fraction of sp³-hybridized carbons (Fsp3) is 0.0833. The number of amides is 2. The number of carbonyl (C=O) groups excluding carboxylic acids is 1. The lowest BCUT2D eigenvalue weighted by atomic mass is 9.92. The van der Waals surface area contributed by atoms with Crippen LogP contribution in [0.2, 0.25) is 0 Å². The number of phenols is 1. The topological polar surface area (TPSA) is 83.5 Å². The molecule has 0 saturated carbocycles. The zero-order valence-electron chi connectivity index (χ0n) is 16.6. The molecule has 5 rings (SSSR count). The smallest absolute Gasteiger partial charge is 0.320 e. The Labute approximate surface area is 182 Å². The number of urea groups is 1. The van der Waals surface area contributed by atoms with E-state index in [0.29, 0.717) is 11.4 Å². The van der Waals surface area contributed by atoms with Crippen molar-refractivity contribution in [3.05, 3.63) is 88.9 Å². The van der Waals surface area contributed by atoms with Crippen molar-refractivity contribution in [3.63, 3.8) is 0 Å². The van der Waals surface area contributed by atoms with Crippen LogP contribution < -0.4 is 15.4 Å². The molecule has 1 unspecified atom stereocenters. The zero-order valence-corrected chi connectivity index (χ0v) is 17.4. The Morgan fingerprint density at radius 1 is 1.03 bits per heavy atom. The van der Waals surface area contributed by atoms with Gasteiger partial charge in [-0.15, -0.1) is 11.3 Å². The van der Waals surface area contributed by atoms with Gasteiger partial charge < -0.3 is 20.5 Å². The SMILES string of the molecule is COc1cc(C2NC(=O)NC(c3ccccc3)=C2c2nc3ccccc3s2)ccc1O. The molecule has 31 heavy (non-hydrogen) atoms. The van der Waals surface area contributed by atoms with Gasteiger partial charge in [0.25, 0.3) is 0 Å². The fourth-order valence-corrected chi connectivity index (χ4v) is 4.79. The highest BCUT2D eigenvalue weighted by Gasteiger charge is 2.32. The second kappa shape index (κ2) is 7.77. The molecule has 0 saturated heterocycles. The van der Waals surface area contributed by atoms with Gasteiger partial charge in [0.1, 0.15) is 5.01 Å². The van der Waals surface area contributed by atoms with Crippen LogP contribution in [0, 0.1) is 0 Å². The van der Waals surface area contributed by atoms with E-state index in [-0.39, 0.29) is 11.8 Å². The summed E-state index contributed by atoms with van der Waals surface area (Å²) in [5, 5.41) is 16.9. The molecule has 3 aromatic carbocycles. The van der Waals surface area contributed by atoms with Crippen molar-refractivity contribution in [2.45, 2.75) is 6.04 Å². The number of benzene rings is 3. The summed E-state index contributed by atoms with van der Waals surface area (Å²) in [6, 6.07) is 22.0. The van der Waals surface area contributed by atoms with Crippen molar-refractivity contribution in [2.24, 2.45) is 0 Å². The van der Waals surface area contributed by atoms with Crippen molar-refractivity contribution in [1.29, 1.82) is 0 Å². The van der Waals surface area contributed by atoms with Gasteiger partial charge in [-0.05, 0) is 35.4 Å². The van der Waals surface area contributed by atoms with Crippen molar-refractivity contribution in [3.8, 4) is 11.5 Å². The van der Waals surface area contributed by atoms with Crippen molar-refractivity contribution in [1.82, 2.24) is 15.6 Å². The summed E-state index contributed by atoms with van der Waals surface area (Å²) < 4.78 is 6.36. The predicted molar refractivity (Wildman–Crippen MR) is 122 cm³/mol. The van der Waals surface area contributed by atoms with Gasteiger partial charge in [-0.25, -0.2) is 9.78 Å². The van der Waals surface area contributed by atoms with E-state index >= 15 is 0 Å². The Morgan fingerprint density at radius 3 is 2.58 bits per heavy atom. The molecule has 7 heteroatoms. The van der Waals surface area contributed by atoms with E-state index in [1.54, 1.807) is 29.5 Å². The molecule has 0 aliphatic carbocycles. The van der Waals surface area contributed by atoms with Crippen LogP contribution >= 0.6 is 11.3 Å². The Balaban J connectivity index is 1.76. The molecular weight excluding hydrogens is 410 g/mol. The molecule has 1 atom stereocenters. The van der Waals surface area contributed by atoms with Gasteiger partial charge >= 0.3 is 6.03 Å². The van der Waals surface area contributed by atoms with E-state index in [9.17, 15) is 9.90 Å². The van der Waals surface area contributed by atoms with Crippen LogP contribution in [0.4, 0.5) is 4.79 Å². The molecule has 2 amide bonds. The lowest BCUT2D eigenvalue weighted by Gasteiger charge is -2.30. The normalized spacial score (nSPS) is 16.2. The first-order valence-corrected chi connectivity index (χ1v) is 10.6. The van der Waals surface area contributed by atoms with Crippen LogP contribution in [-0.4, -0.2) is 23.2 Å². The van der Waals surface area contributed by atoms with Crippen molar-refractivity contribution in [2.75, 3.05) is 7.11 Å². The van der Waals surface area contributed by atoms with Crippen molar-refractivity contribution >= 4 is 38.9 Å². The summed E-state index contributed by atoms with van der Waals surface area (Å²) in [6.45, 7) is 0. The highest BCUT2D eigenvalue weighted by molar-refractivity contribution is 7.19. The number of fused-ring (bicyclic) bond motifs is 1. The zero-order chi connectivity index (χ0) is 21.4. The Bertz CT molecular complexity index is 1280. The summed E-state index contributed by atoms with van der Waals surface area (Å²) in [5.74, 6) is 0.385. The van der Waals surface area contributed by atoms with Gasteiger partial charge in [-0.1, -0.05) is 48.5 Å². The molecule has 1 aliphatic rings. The molecule has 2 heterocycles. The van der Waals surface area contributed by atoms with E-state index < -0.39 is 6.04 Å². The summed E-state index contributed by atoms with van der Waals surface area (Å²) in [7, 11) is 1.50. The highest BCUT2D eigenvalue weighted by Crippen LogP contribution is 2.42. The lowest BCUT2D eigenvalue weighted by Crippen LogP contribution is -2.42. The number of methoxy groups -OCH3 is 1. The van der Waals surface area contributed by atoms with Crippen LogP contribution in [0.15, 0.2) is 72.8 Å². The second-order valence-corrected chi connectivity index (χ2v) is 8.13. The maximum Gasteiger partial charge on any atom is 0.320 e. The van der Waals surface area contributed by atoms with E-state index in [4.69, 9.17) is 9.72 Å². The van der Waals surface area contributed by atoms with Crippen molar-refractivity contribution < 1.29 is 14.6 Å². The van der Waals surface area contributed by atoms with Crippen LogP contribution in [0.25, 0.3) is 21.5 Å². The monoisotopic (exact) mass is 429 g/mol. The molecule has 0 fully saturated rings. The minimum absolute atomic E-state index is 0.0420. The number of aromatic nitrogens is 1. The maximum absolute atomic E-state index is 12.6. The first-order chi connectivity index (χ1) is 15.1. The number of aromatic hydroxyl groups is 1. The third-order valence-corrected chi connectivity index (χ3v) is 6.27. The number of para-hydroxylation sites is 1. The van der Waals surface area contributed by atoms with Crippen LogP contribution in [0.1, 0.15) is 22.2 Å². The number of rotatable bonds is 4. The standard InChI is InChI=1S/C24H19N3O3S/c1-30-18-13-15(11-12-17(18)28)22-20(23-25-16-9-5-6-10-19(16)31-23)21(26-24(29)27-22)14-7-3-2-4-8-14/h2-13,22,28H,1H3,(H2,26,27,29). The van der Waals surface area contributed by atoms with E-state index in [0.717, 1.165) is 31.9 Å². The molecular formula is C24H19N3O3S. The minimum atomic E-state index is -0.473. The van der Waals surface area contributed by atoms with Gasteiger partial charge in [-0.2, -0.15) is 0 Å². The molecule has 0 bridgehead atoms. The predicted octanol–water partition coefficient (Wildman–Crippen LogP) is 4.93. The van der Waals surface area contributed by atoms with E-state index in [1.165, 1.54) is 7.11 Å². The van der Waals surface area contributed by atoms with Gasteiger partial charge in [0.2, 0.25) is 0 Å². The largest absolute Gasteiger partial charge is 0.504 e. The van der Waals surface area contributed by atoms with E-state index in [2.05, 4.69) is 10.6 Å². The first-order valence-electron chi connectivity index (χ1n) is 9.74. The quantitative estimate of drug-likeness (QED) is 0.429. The Morgan fingerprint density at radius 2 is 1.81 bits per heavy atom. The summed E-state index contributed by atoms with van der Waals surface area (Å²) >= 11 is 1.57. The third kappa shape index (κ3) is 3.49. The Kier molecular flexibility index (Phi) is 4.80. The maximum atomic E-state index is 12.6. The molecule has 4 aromatic rings. The van der Waals surface area contributed by atoms with E-state index in [1.807, 2.05) is 54.6 Å². The second-order valence-electron chi connectivity index (χ2n) is 7.10. The average Bonchev–Trinajstić information content (AvgIpc) is 3.23. The number of hydrogen-bond donors (Lipinski definition) is 3. The lowest BCUT2D eigenvalue weighted by molar-refractivity contribution is 0.242. The third-order valence-electron chi connectivity index (χ3n) is 5.20. The first kappa shape index (κ1) is 19.1. The summed E-state index contributed by atoms with van der Waals surface area (Å²) in [5.41, 5.74) is 4.15. The number of nitrogens with zero attached hydrogens (tertiary/aromatic N) is 1. The Hall–Kier alpha value is -3.84. The molecule has 3 N–H and O–H groups in total. The molecule has 154 valence electrons. The average molecular weight is 430 g/mol. The summed E-state index contributed by atoms with van der Waals surface area (Å²) in [4.78, 5) is 17.5. The molecule has 0 radical (unpaired) electrons. The number of thiazole rings is 1. The highest BCUT2D eigenvalue weighted by atomic mass is 32.1. The number of nitrogens with one attached hydrogen (secondary N) is 2. The summed E-state index contributed by atoms with van der Waals surface area (Å²) in [6.07, 6.45) is 0. The van der Waals surface area contributed by atoms with Gasteiger partial charge in [0.05, 0.1) is 29.1 Å². The number of carbonyl (C=O) groups is 1. The molecule has 6 nitrogen and oxygen atoms in total. The van der Waals surface area contributed by atoms with Crippen LogP contribution in [-0.2, 0) is 0 Å². The van der Waals surface area contributed by atoms with Gasteiger partial charge in [-0.3, -0.25) is 0 Å². The van der Waals surface area contributed by atoms with Crippen LogP contribution in [0.5, 0.6) is 11.5 Å². The van der Waals surface area contributed by atoms with Gasteiger partial charge in [0, 0.05) is 5.57 Å². The minimum Gasteiger partial charge on any atom is -0.504 e. The van der Waals surface area contributed by atoms with Gasteiger partial charge in [0.15, 0.2) is 11.5 Å². The number of ether oxygens (including phenoxy) is 1. The number of hydrogen-bond acceptors (Lipinski definition) is 5. The van der Waals surface area contributed by atoms with Crippen LogP contribution in [0.3, 0.4) is 0 Å². The molecule has 0 spiro atoms. The molecule has 1 aliphatic heterocycles. The number of phenolic OH excluding ortho intramolecular Hbond substituents is 1.